The van der Waals surface area contributed by atoms with Crippen molar-refractivity contribution in [1.82, 2.24) is 85.1 Å². The second-order valence-corrected chi connectivity index (χ2v) is 34.8. The maximum absolute atomic E-state index is 14.9. The van der Waals surface area contributed by atoms with Crippen LogP contribution in [0.5, 0.6) is 17.2 Å². The van der Waals surface area contributed by atoms with Gasteiger partial charge in [-0.15, -0.1) is 0 Å². The van der Waals surface area contributed by atoms with Crippen molar-refractivity contribution in [2.24, 2.45) is 46.1 Å². The summed E-state index contributed by atoms with van der Waals surface area (Å²) in [4.78, 5) is 276. The van der Waals surface area contributed by atoms with Crippen LogP contribution in [0.15, 0.2) is 103 Å². The number of aliphatic hydroxyl groups excluding tert-OH is 5. The van der Waals surface area contributed by atoms with Gasteiger partial charge in [-0.05, 0) is 169 Å². The number of nitrogens with two attached hydrogens (primary N) is 7. The lowest BCUT2D eigenvalue weighted by Gasteiger charge is -2.29. The number of aliphatic carboxylic acids is 1. The van der Waals surface area contributed by atoms with E-state index in [1.54, 1.807) is 44.2 Å². The van der Waals surface area contributed by atoms with E-state index in [-0.39, 0.29) is 98.5 Å². The molecule has 19 atom stereocenters. The zero-order chi connectivity index (χ0) is 108. The quantitative estimate of drug-likeness (QED) is 0.0183. The molecule has 0 bridgehead atoms. The fourth-order valence-corrected chi connectivity index (χ4v) is 14.3. The highest BCUT2D eigenvalue weighted by molar-refractivity contribution is 6.03. The molecule has 0 aliphatic heterocycles. The first-order valence-corrected chi connectivity index (χ1v) is 46.4. The highest BCUT2D eigenvalue weighted by Gasteiger charge is 2.42. The third kappa shape index (κ3) is 43.8. The predicted octanol–water partition coefficient (Wildman–Crippen LogP) is -10.9. The molecule has 0 aromatic heterocycles. The van der Waals surface area contributed by atoms with Crippen molar-refractivity contribution in [2.75, 3.05) is 39.4 Å². The summed E-state index contributed by atoms with van der Waals surface area (Å²) < 4.78 is 0. The maximum Gasteiger partial charge on any atom is 0.322 e. The minimum Gasteiger partial charge on any atom is -0.508 e. The molecule has 0 fully saturated rings. The molecule has 4 aromatic rings. The highest BCUT2D eigenvalue weighted by atomic mass is 16.4. The summed E-state index contributed by atoms with van der Waals surface area (Å²) in [5.41, 5.74) is 40.3. The van der Waals surface area contributed by atoms with E-state index in [1.807, 2.05) is 0 Å². The van der Waals surface area contributed by atoms with Crippen LogP contribution >= 0.6 is 0 Å². The van der Waals surface area contributed by atoms with Gasteiger partial charge in [-0.2, -0.15) is 0 Å². The van der Waals surface area contributed by atoms with E-state index >= 15 is 0 Å². The Kier molecular flexibility index (Phi) is 52.9. The van der Waals surface area contributed by atoms with Gasteiger partial charge in [-0.25, -0.2) is 0 Å². The number of rotatable bonds is 66. The lowest BCUT2D eigenvalue weighted by Crippen LogP contribution is -2.64. The Morgan fingerprint density at radius 1 is 0.285 bits per heavy atom. The van der Waals surface area contributed by atoms with Crippen LogP contribution in [-0.2, 0) is 122 Å². The van der Waals surface area contributed by atoms with E-state index in [9.17, 15) is 142 Å². The molecule has 0 saturated heterocycles. The summed E-state index contributed by atoms with van der Waals surface area (Å²) in [5.74, 6) is -25.2. The van der Waals surface area contributed by atoms with Crippen molar-refractivity contribution in [3.05, 3.63) is 125 Å². The van der Waals surface area contributed by atoms with Gasteiger partial charge in [0.1, 0.15) is 114 Å². The highest BCUT2D eigenvalue weighted by Crippen LogP contribution is 2.20. The molecule has 39 N–H and O–H groups in total. The fourth-order valence-electron chi connectivity index (χ4n) is 14.3. The molecule has 19 amide bonds. The minimum atomic E-state index is -2.20. The first kappa shape index (κ1) is 122. The maximum atomic E-state index is 14.9. The minimum absolute atomic E-state index is 0.0205. The normalized spacial score (nSPS) is 15.1. The number of aromatic hydroxyl groups is 3. The molecule has 0 unspecified atom stereocenters. The number of hydrogen-bond donors (Lipinski definition) is 32. The topological polar surface area (TPSA) is 898 Å². The molecule has 0 saturated carbocycles. The van der Waals surface area contributed by atoms with Gasteiger partial charge >= 0.3 is 5.97 Å². The van der Waals surface area contributed by atoms with Gasteiger partial charge in [0.25, 0.3) is 0 Å². The van der Waals surface area contributed by atoms with Gasteiger partial charge in [-0.1, -0.05) is 80.6 Å². The summed E-state index contributed by atoms with van der Waals surface area (Å²) in [7, 11) is 0. The number of phenolic OH excluding ortho intramolecular Hbond substituents is 3. The number of hydrogen-bond acceptors (Lipinski definition) is 32. The van der Waals surface area contributed by atoms with Gasteiger partial charge in [0, 0.05) is 25.7 Å². The number of unbranched alkanes of at least 4 members (excludes halogenated alkanes) is 3. The summed E-state index contributed by atoms with van der Waals surface area (Å²) in [6.45, 7) is 3.31. The lowest BCUT2D eigenvalue weighted by atomic mass is 10.00. The van der Waals surface area contributed by atoms with Gasteiger partial charge in [0.2, 0.25) is 112 Å². The van der Waals surface area contributed by atoms with E-state index < -0.39 is 297 Å². The summed E-state index contributed by atoms with van der Waals surface area (Å²) in [5, 5.41) is 132. The predicted molar refractivity (Wildman–Crippen MR) is 512 cm³/mol. The molecule has 0 aliphatic rings. The molecular weight excluding hydrogens is 1890 g/mol. The number of nitrogens with one attached hydrogen (secondary N) is 16. The van der Waals surface area contributed by atoms with Crippen molar-refractivity contribution >= 4 is 118 Å². The van der Waals surface area contributed by atoms with Crippen molar-refractivity contribution in [1.29, 1.82) is 0 Å². The molecule has 0 spiro atoms. The van der Waals surface area contributed by atoms with E-state index in [2.05, 4.69) is 85.1 Å². The third-order valence-corrected chi connectivity index (χ3v) is 22.1. The Bertz CT molecular complexity index is 4970. The van der Waals surface area contributed by atoms with Crippen molar-refractivity contribution in [3.63, 3.8) is 0 Å². The Labute approximate surface area is 828 Å². The molecule has 52 nitrogen and oxygen atoms in total. The van der Waals surface area contributed by atoms with Gasteiger partial charge in [0.15, 0.2) is 0 Å². The molecule has 794 valence electrons. The third-order valence-electron chi connectivity index (χ3n) is 22.1. The number of carboxylic acid groups (broad SMARTS) is 1. The number of benzene rings is 4. The average molecular weight is 2030 g/mol. The van der Waals surface area contributed by atoms with E-state index in [0.29, 0.717) is 31.2 Å². The molecule has 0 heterocycles. The summed E-state index contributed by atoms with van der Waals surface area (Å²) in [6, 6.07) is -5.85. The number of phenols is 3. The van der Waals surface area contributed by atoms with E-state index in [0.717, 1.165) is 20.8 Å². The van der Waals surface area contributed by atoms with Crippen molar-refractivity contribution in [2.45, 2.75) is 259 Å². The monoisotopic (exact) mass is 2030 g/mol. The molecule has 4 aromatic carbocycles. The molecule has 0 aliphatic carbocycles. The van der Waals surface area contributed by atoms with Crippen LogP contribution in [0, 0.1) is 5.92 Å². The van der Waals surface area contributed by atoms with Crippen LogP contribution in [0.4, 0.5) is 0 Å². The lowest BCUT2D eigenvalue weighted by molar-refractivity contribution is -0.139. The Morgan fingerprint density at radius 2 is 0.528 bits per heavy atom. The summed E-state index contributed by atoms with van der Waals surface area (Å²) >= 11 is 0. The first-order valence-electron chi connectivity index (χ1n) is 46.4. The van der Waals surface area contributed by atoms with Crippen molar-refractivity contribution in [3.8, 4) is 17.2 Å². The standard InChI is InChI=1S/C92H137N23O29/c1-46(2)35-61(81(133)103-60(19-11-14-34-95)80(132)105-62(36-50-15-7-6-8-16-50)82(134)102-58(17-9-12-32-93)78(130)100-43-73(127)128)104-85(137)66(41-71(98)125)109-83(135)63(37-51-20-26-54(121)27-21-51)107-88(140)68(44-116)111-92(144)76(49(5)120)115-89(141)69(45-117)112-91(143)75(48(4)119)113-86(138)65(39-53-24-30-56(123)31-25-53)106-84(136)64(38-52-22-28-55(122)29-23-52)110-90(142)74(47(3)118)114-87(139)67(42-72(99)126)108-79(131)59(18-10-13-33-94)101-77(129)57(96)40-70(97)124/h6-8,15-16,20-31,46-49,57-69,74-76,116-123H,9-14,17-19,32-45,93-96H2,1-5H3,(H2,97,124)(H2,98,125)(H2,99,126)(H,100,130)(H,101,129)(H,102,134)(H,103,133)(H,104,137)(H,105,132)(H,106,136)(H,107,140)(H,108,131)(H,109,135)(H,110,142)(H,111,144)(H,112,143)(H,113,138)(H,114,139)(H,115,141)(H,127,128)/t47-,48-,49-,57+,58+,59+,60+,61+,62+,63+,64+,65+,66+,67+,68+,69+,74+,75+,76+/m1/s1. The number of carbonyl (C=O) groups is 20. The van der Waals surface area contributed by atoms with E-state index in [1.165, 1.54) is 72.8 Å². The molecule has 144 heavy (non-hydrogen) atoms. The zero-order valence-corrected chi connectivity index (χ0v) is 80.4. The largest absolute Gasteiger partial charge is 0.508 e. The van der Waals surface area contributed by atoms with Crippen LogP contribution in [0.25, 0.3) is 0 Å². The molecule has 4 rings (SSSR count). The van der Waals surface area contributed by atoms with E-state index in [4.69, 9.17) is 40.1 Å². The number of carbonyl (C=O) groups excluding carboxylic acids is 19. The fraction of sp³-hybridized carbons (Fsp3) is 0.522. The van der Waals surface area contributed by atoms with Crippen LogP contribution < -0.4 is 125 Å². The van der Waals surface area contributed by atoms with Gasteiger partial charge < -0.3 is 171 Å². The van der Waals surface area contributed by atoms with Crippen LogP contribution in [-0.4, -0.2) is 319 Å². The Hall–Kier alpha value is -14.7. The van der Waals surface area contributed by atoms with Crippen LogP contribution in [0.3, 0.4) is 0 Å². The molecule has 52 heteroatoms. The Balaban J connectivity index is 1.62. The van der Waals surface area contributed by atoms with Crippen molar-refractivity contribution < 1.29 is 142 Å². The number of primary amides is 3. The molecule has 0 radical (unpaired) electrons. The van der Waals surface area contributed by atoms with Gasteiger partial charge in [-0.3, -0.25) is 95.9 Å². The summed E-state index contributed by atoms with van der Waals surface area (Å²) in [6.07, 6.45) is -8.75. The SMILES string of the molecule is CC(C)C[C@H](NC(=O)[C@H](CC(N)=O)NC(=O)[C@H](Cc1ccc(O)cc1)NC(=O)[C@H](CO)NC(=O)[C@@H](NC(=O)[C@H](CO)NC(=O)[C@@H](NC(=O)[C@H](Cc1ccc(O)cc1)NC(=O)[C@H](Cc1ccc(O)cc1)NC(=O)[C@@H](NC(=O)[C@H](CC(N)=O)NC(=O)[C@H](CCCCN)NC(=O)[C@@H](N)CC(N)=O)[C@@H](C)O)[C@@H](C)O)[C@@H](C)O)C(=O)N[C@@H](CCCCN)C(=O)N[C@@H](Cc1ccccc1)C(=O)N[C@@H](CCCCN)C(=O)NCC(=O)O. The molecular formula is C92H137N23O29. The first-order chi connectivity index (χ1) is 68.0. The number of aliphatic hydroxyl groups is 5. The number of amides is 19. The van der Waals surface area contributed by atoms with Crippen LogP contribution in [0.1, 0.15) is 140 Å². The van der Waals surface area contributed by atoms with Gasteiger partial charge in [0.05, 0.1) is 56.8 Å². The average Bonchev–Trinajstić information content (AvgIpc) is 0.843. The number of carboxylic acids is 1. The second kappa shape index (κ2) is 62.6. The zero-order valence-electron chi connectivity index (χ0n) is 80.4. The Morgan fingerprint density at radius 3 is 0.833 bits per heavy atom. The van der Waals surface area contributed by atoms with Crippen LogP contribution in [0.2, 0.25) is 0 Å². The smallest absolute Gasteiger partial charge is 0.322 e. The second-order valence-electron chi connectivity index (χ2n) is 34.8.